The van der Waals surface area contributed by atoms with E-state index in [2.05, 4.69) is 5.32 Å². The Morgan fingerprint density at radius 2 is 1.61 bits per heavy atom. The number of rotatable bonds is 6. The summed E-state index contributed by atoms with van der Waals surface area (Å²) in [6.45, 7) is 0.330. The maximum atomic E-state index is 12.5. The Bertz CT molecular complexity index is 986. The summed E-state index contributed by atoms with van der Waals surface area (Å²) in [6, 6.07) is 20.9. The fraction of sp³-hybridized carbons (Fsp3) is 0.0909. The average Bonchev–Trinajstić information content (AvgIpc) is 2.73. The Hall–Kier alpha value is -3.31. The van der Waals surface area contributed by atoms with Crippen LogP contribution in [0.2, 0.25) is 5.02 Å². The number of hydrogen-bond acceptors (Lipinski definition) is 4. The highest BCUT2D eigenvalue weighted by Gasteiger charge is 2.14. The third-order valence-corrected chi connectivity index (χ3v) is 4.34. The summed E-state index contributed by atoms with van der Waals surface area (Å²) < 4.78 is 10.4. The largest absolute Gasteiger partial charge is 0.487 e. The van der Waals surface area contributed by atoms with Crippen molar-refractivity contribution in [2.75, 3.05) is 12.4 Å². The molecule has 0 aromatic heterocycles. The molecule has 0 unspecified atom stereocenters. The lowest BCUT2D eigenvalue weighted by molar-refractivity contribution is 0.0602. The number of hydrogen-bond donors (Lipinski definition) is 1. The van der Waals surface area contributed by atoms with Gasteiger partial charge in [-0.1, -0.05) is 48.0 Å². The van der Waals surface area contributed by atoms with Gasteiger partial charge in [-0.3, -0.25) is 4.79 Å². The number of halogens is 1. The number of benzene rings is 3. The molecule has 0 bridgehead atoms. The number of ether oxygens (including phenoxy) is 2. The second-order valence-electron chi connectivity index (χ2n) is 5.91. The first-order valence-electron chi connectivity index (χ1n) is 8.53. The van der Waals surface area contributed by atoms with E-state index < -0.39 is 5.97 Å². The summed E-state index contributed by atoms with van der Waals surface area (Å²) in [7, 11) is 1.30. The lowest BCUT2D eigenvalue weighted by Crippen LogP contribution is -2.15. The molecular formula is C22H18ClNO4. The van der Waals surface area contributed by atoms with Crippen molar-refractivity contribution >= 4 is 29.2 Å². The minimum Gasteiger partial charge on any atom is -0.487 e. The van der Waals surface area contributed by atoms with E-state index >= 15 is 0 Å². The van der Waals surface area contributed by atoms with Crippen molar-refractivity contribution in [2.45, 2.75) is 6.61 Å². The van der Waals surface area contributed by atoms with Gasteiger partial charge in [0.1, 0.15) is 12.4 Å². The maximum absolute atomic E-state index is 12.5. The van der Waals surface area contributed by atoms with E-state index in [4.69, 9.17) is 21.1 Å². The second kappa shape index (κ2) is 9.06. The van der Waals surface area contributed by atoms with Gasteiger partial charge >= 0.3 is 5.97 Å². The van der Waals surface area contributed by atoms with Crippen LogP contribution in [0.5, 0.6) is 5.75 Å². The molecule has 142 valence electrons. The molecule has 0 spiro atoms. The Morgan fingerprint density at radius 3 is 2.32 bits per heavy atom. The summed E-state index contributed by atoms with van der Waals surface area (Å²) in [5.74, 6) is -0.233. The smallest absolute Gasteiger partial charge is 0.339 e. The number of para-hydroxylation sites is 2. The number of carbonyl (C=O) groups is 2. The number of amides is 1. The summed E-state index contributed by atoms with van der Waals surface area (Å²) in [5, 5.41) is 3.28. The average molecular weight is 396 g/mol. The first-order chi connectivity index (χ1) is 13.6. The van der Waals surface area contributed by atoms with E-state index in [1.165, 1.54) is 7.11 Å². The highest BCUT2D eigenvalue weighted by Crippen LogP contribution is 2.24. The molecular weight excluding hydrogens is 378 g/mol. The lowest BCUT2D eigenvalue weighted by atomic mass is 10.1. The predicted molar refractivity (Wildman–Crippen MR) is 108 cm³/mol. The van der Waals surface area contributed by atoms with Gasteiger partial charge in [-0.15, -0.1) is 0 Å². The Kier molecular flexibility index (Phi) is 6.29. The molecule has 6 heteroatoms. The van der Waals surface area contributed by atoms with E-state index in [9.17, 15) is 9.59 Å². The highest BCUT2D eigenvalue weighted by atomic mass is 35.5. The molecule has 0 atom stereocenters. The van der Waals surface area contributed by atoms with Gasteiger partial charge in [-0.25, -0.2) is 4.79 Å². The molecule has 28 heavy (non-hydrogen) atoms. The summed E-state index contributed by atoms with van der Waals surface area (Å²) in [4.78, 5) is 24.3. The van der Waals surface area contributed by atoms with Gasteiger partial charge in [0.25, 0.3) is 5.91 Å². The zero-order valence-corrected chi connectivity index (χ0v) is 15.9. The van der Waals surface area contributed by atoms with Crippen LogP contribution in [-0.2, 0) is 11.3 Å². The zero-order valence-electron chi connectivity index (χ0n) is 15.1. The van der Waals surface area contributed by atoms with E-state index in [1.807, 2.05) is 12.1 Å². The van der Waals surface area contributed by atoms with Crippen molar-refractivity contribution in [3.05, 3.63) is 94.5 Å². The standard InChI is InChI=1S/C22H18ClNO4/c1-27-22(26)17-6-2-4-8-19(17)24-21(25)16-12-10-15(11-13-16)14-28-20-9-5-3-7-18(20)23/h2-13H,14H2,1H3,(H,24,25). The molecule has 0 aliphatic heterocycles. The summed E-state index contributed by atoms with van der Waals surface area (Å²) >= 11 is 6.07. The molecule has 3 aromatic rings. The van der Waals surface area contributed by atoms with E-state index in [0.29, 0.717) is 34.2 Å². The quantitative estimate of drug-likeness (QED) is 0.599. The molecule has 1 amide bonds. The first kappa shape index (κ1) is 19.5. The van der Waals surface area contributed by atoms with Crippen LogP contribution >= 0.6 is 11.6 Å². The maximum Gasteiger partial charge on any atom is 0.339 e. The van der Waals surface area contributed by atoms with Crippen molar-refractivity contribution in [3.8, 4) is 5.75 Å². The van der Waals surface area contributed by atoms with E-state index in [1.54, 1.807) is 60.7 Å². The highest BCUT2D eigenvalue weighted by molar-refractivity contribution is 6.32. The molecule has 0 radical (unpaired) electrons. The fourth-order valence-electron chi connectivity index (χ4n) is 2.55. The molecule has 0 aliphatic rings. The second-order valence-corrected chi connectivity index (χ2v) is 6.31. The zero-order chi connectivity index (χ0) is 19.9. The van der Waals surface area contributed by atoms with Crippen LogP contribution in [0, 0.1) is 0 Å². The monoisotopic (exact) mass is 395 g/mol. The van der Waals surface area contributed by atoms with Crippen LogP contribution in [0.3, 0.4) is 0 Å². The van der Waals surface area contributed by atoms with Crippen LogP contribution < -0.4 is 10.1 Å². The van der Waals surface area contributed by atoms with Gasteiger partial charge in [0.05, 0.1) is 23.4 Å². The van der Waals surface area contributed by atoms with Crippen LogP contribution in [0.25, 0.3) is 0 Å². The normalized spacial score (nSPS) is 10.2. The number of nitrogens with one attached hydrogen (secondary N) is 1. The molecule has 0 saturated carbocycles. The fourth-order valence-corrected chi connectivity index (χ4v) is 2.74. The van der Waals surface area contributed by atoms with Crippen LogP contribution in [-0.4, -0.2) is 19.0 Å². The molecule has 5 nitrogen and oxygen atoms in total. The molecule has 0 heterocycles. The Labute approximate surface area is 167 Å². The van der Waals surface area contributed by atoms with E-state index in [-0.39, 0.29) is 5.91 Å². The van der Waals surface area contributed by atoms with Gasteiger partial charge in [0, 0.05) is 5.56 Å². The number of carbonyl (C=O) groups excluding carboxylic acids is 2. The van der Waals surface area contributed by atoms with Crippen molar-refractivity contribution < 1.29 is 19.1 Å². The third-order valence-electron chi connectivity index (χ3n) is 4.03. The molecule has 1 N–H and O–H groups in total. The van der Waals surface area contributed by atoms with Crippen LogP contribution in [0.15, 0.2) is 72.8 Å². The van der Waals surface area contributed by atoms with Crippen LogP contribution in [0.1, 0.15) is 26.3 Å². The third kappa shape index (κ3) is 4.69. The predicted octanol–water partition coefficient (Wildman–Crippen LogP) is 4.96. The first-order valence-corrected chi connectivity index (χ1v) is 8.91. The van der Waals surface area contributed by atoms with Gasteiger partial charge < -0.3 is 14.8 Å². The van der Waals surface area contributed by atoms with Gasteiger partial charge in [-0.05, 0) is 42.0 Å². The molecule has 3 aromatic carbocycles. The molecule has 0 fully saturated rings. The van der Waals surface area contributed by atoms with Crippen LogP contribution in [0.4, 0.5) is 5.69 Å². The van der Waals surface area contributed by atoms with Crippen molar-refractivity contribution in [2.24, 2.45) is 0 Å². The summed E-state index contributed by atoms with van der Waals surface area (Å²) in [6.07, 6.45) is 0. The van der Waals surface area contributed by atoms with Gasteiger partial charge in [0.15, 0.2) is 0 Å². The van der Waals surface area contributed by atoms with Gasteiger partial charge in [-0.2, -0.15) is 0 Å². The number of anilines is 1. The number of esters is 1. The SMILES string of the molecule is COC(=O)c1ccccc1NC(=O)c1ccc(COc2ccccc2Cl)cc1. The Morgan fingerprint density at radius 1 is 0.929 bits per heavy atom. The topological polar surface area (TPSA) is 64.6 Å². The van der Waals surface area contributed by atoms with Gasteiger partial charge in [0.2, 0.25) is 0 Å². The van der Waals surface area contributed by atoms with Crippen molar-refractivity contribution in [1.29, 1.82) is 0 Å². The summed E-state index contributed by atoms with van der Waals surface area (Å²) in [5.41, 5.74) is 2.04. The molecule has 0 saturated heterocycles. The lowest BCUT2D eigenvalue weighted by Gasteiger charge is -2.10. The van der Waals surface area contributed by atoms with Crippen molar-refractivity contribution in [1.82, 2.24) is 0 Å². The van der Waals surface area contributed by atoms with E-state index in [0.717, 1.165) is 5.56 Å². The molecule has 3 rings (SSSR count). The van der Waals surface area contributed by atoms with Crippen molar-refractivity contribution in [3.63, 3.8) is 0 Å². The minimum absolute atomic E-state index is 0.295. The Balaban J connectivity index is 1.66. The number of methoxy groups -OCH3 is 1. The minimum atomic E-state index is -0.511. The molecule has 0 aliphatic carbocycles.